The Balaban J connectivity index is 1.88. The van der Waals surface area contributed by atoms with E-state index in [-0.39, 0.29) is 25.2 Å². The molecular formula is C10H14F3N3O2. The summed E-state index contributed by atoms with van der Waals surface area (Å²) in [6, 6.07) is -0.236. The fourth-order valence-corrected chi connectivity index (χ4v) is 2.39. The topological polar surface area (TPSA) is 52.7 Å². The normalized spacial score (nSPS) is 22.3. The van der Waals surface area contributed by atoms with Gasteiger partial charge in [-0.05, 0) is 12.8 Å². The maximum Gasteiger partial charge on any atom is 0.471 e. The summed E-state index contributed by atoms with van der Waals surface area (Å²) < 4.78 is 36.7. The van der Waals surface area contributed by atoms with Crippen LogP contribution in [0.1, 0.15) is 12.8 Å². The summed E-state index contributed by atoms with van der Waals surface area (Å²) in [5, 5.41) is 2.65. The minimum Gasteiger partial charge on any atom is -0.336 e. The number of rotatable bonds is 1. The first kappa shape index (κ1) is 13.0. The number of halogens is 3. The van der Waals surface area contributed by atoms with Gasteiger partial charge in [0.05, 0.1) is 0 Å². The van der Waals surface area contributed by atoms with Crippen LogP contribution in [-0.4, -0.2) is 60.1 Å². The van der Waals surface area contributed by atoms with Crippen molar-refractivity contribution in [1.29, 1.82) is 0 Å². The number of hydrogen-bond donors (Lipinski definition) is 1. The summed E-state index contributed by atoms with van der Waals surface area (Å²) in [6.07, 6.45) is -4.01. The average molecular weight is 265 g/mol. The first-order chi connectivity index (χ1) is 8.39. The van der Waals surface area contributed by atoms with Gasteiger partial charge in [-0.1, -0.05) is 0 Å². The number of likely N-dealkylation sites (tertiary alicyclic amines) is 1. The molecule has 0 aliphatic carbocycles. The summed E-state index contributed by atoms with van der Waals surface area (Å²) in [5.74, 6) is -1.79. The molecule has 102 valence electrons. The van der Waals surface area contributed by atoms with Gasteiger partial charge < -0.3 is 15.1 Å². The van der Waals surface area contributed by atoms with Gasteiger partial charge in [-0.3, -0.25) is 4.79 Å². The number of nitrogens with one attached hydrogen (secondary N) is 1. The van der Waals surface area contributed by atoms with E-state index >= 15 is 0 Å². The molecule has 8 heteroatoms. The van der Waals surface area contributed by atoms with E-state index in [4.69, 9.17) is 0 Å². The van der Waals surface area contributed by atoms with Crippen LogP contribution in [0.5, 0.6) is 0 Å². The van der Waals surface area contributed by atoms with Crippen molar-refractivity contribution in [3.8, 4) is 0 Å². The van der Waals surface area contributed by atoms with Crippen molar-refractivity contribution in [2.45, 2.75) is 25.1 Å². The standard InChI is InChI=1S/C10H14F3N3O2/c11-10(12,13)8(17)15-4-1-7(2-5-15)16-6-3-14-9(16)18/h7H,1-6H2,(H,14,18). The van der Waals surface area contributed by atoms with E-state index in [0.717, 1.165) is 4.90 Å². The minimum atomic E-state index is -4.81. The molecule has 0 saturated carbocycles. The lowest BCUT2D eigenvalue weighted by atomic mass is 10.0. The van der Waals surface area contributed by atoms with E-state index in [2.05, 4.69) is 5.32 Å². The Morgan fingerprint density at radius 1 is 1.22 bits per heavy atom. The number of carbonyl (C=O) groups is 2. The molecule has 0 spiro atoms. The third-order valence-corrected chi connectivity index (χ3v) is 3.32. The maximum absolute atomic E-state index is 12.2. The van der Waals surface area contributed by atoms with Crippen molar-refractivity contribution in [3.63, 3.8) is 0 Å². The van der Waals surface area contributed by atoms with Crippen LogP contribution >= 0.6 is 0 Å². The van der Waals surface area contributed by atoms with Crippen molar-refractivity contribution in [1.82, 2.24) is 15.1 Å². The van der Waals surface area contributed by atoms with Crippen LogP contribution < -0.4 is 5.32 Å². The molecule has 5 nitrogen and oxygen atoms in total. The lowest BCUT2D eigenvalue weighted by Crippen LogP contribution is -2.50. The molecule has 2 rings (SSSR count). The van der Waals surface area contributed by atoms with Crippen molar-refractivity contribution >= 4 is 11.9 Å². The molecule has 0 radical (unpaired) electrons. The Bertz CT molecular complexity index is 351. The molecule has 0 atom stereocenters. The lowest BCUT2D eigenvalue weighted by molar-refractivity contribution is -0.186. The fourth-order valence-electron chi connectivity index (χ4n) is 2.39. The van der Waals surface area contributed by atoms with E-state index in [9.17, 15) is 22.8 Å². The highest BCUT2D eigenvalue weighted by Crippen LogP contribution is 2.23. The third-order valence-electron chi connectivity index (χ3n) is 3.32. The molecule has 0 unspecified atom stereocenters. The minimum absolute atomic E-state index is 0.0484. The van der Waals surface area contributed by atoms with Crippen LogP contribution in [-0.2, 0) is 4.79 Å². The highest BCUT2D eigenvalue weighted by Gasteiger charge is 2.44. The Labute approximate surface area is 102 Å². The van der Waals surface area contributed by atoms with Gasteiger partial charge >= 0.3 is 18.1 Å². The van der Waals surface area contributed by atoms with E-state index in [0.29, 0.717) is 25.9 Å². The summed E-state index contributed by atoms with van der Waals surface area (Å²) in [4.78, 5) is 24.9. The number of piperidine rings is 1. The molecule has 2 aliphatic heterocycles. The molecule has 0 aromatic heterocycles. The van der Waals surface area contributed by atoms with E-state index < -0.39 is 12.1 Å². The SMILES string of the molecule is O=C1NCCN1C1CCN(C(=O)C(F)(F)F)CC1. The molecule has 0 aromatic rings. The predicted octanol–water partition coefficient (Wildman–Crippen LogP) is 0.565. The Morgan fingerprint density at radius 2 is 1.83 bits per heavy atom. The van der Waals surface area contributed by atoms with E-state index in [1.165, 1.54) is 0 Å². The molecule has 18 heavy (non-hydrogen) atoms. The molecule has 3 amide bonds. The molecule has 2 heterocycles. The molecule has 0 aromatic carbocycles. The van der Waals surface area contributed by atoms with Crippen molar-refractivity contribution in [3.05, 3.63) is 0 Å². The zero-order valence-electron chi connectivity index (χ0n) is 9.66. The lowest BCUT2D eigenvalue weighted by Gasteiger charge is -2.36. The Hall–Kier alpha value is -1.47. The highest BCUT2D eigenvalue weighted by atomic mass is 19.4. The smallest absolute Gasteiger partial charge is 0.336 e. The van der Waals surface area contributed by atoms with Gasteiger partial charge in [0, 0.05) is 32.2 Å². The molecular weight excluding hydrogens is 251 g/mol. The average Bonchev–Trinajstić information content (AvgIpc) is 2.73. The summed E-state index contributed by atoms with van der Waals surface area (Å²) in [7, 11) is 0. The monoisotopic (exact) mass is 265 g/mol. The number of hydrogen-bond acceptors (Lipinski definition) is 2. The van der Waals surface area contributed by atoms with Gasteiger partial charge in [-0.15, -0.1) is 0 Å². The molecule has 2 saturated heterocycles. The second-order valence-corrected chi connectivity index (χ2v) is 4.45. The Morgan fingerprint density at radius 3 is 2.28 bits per heavy atom. The Kier molecular flexibility index (Phi) is 3.36. The summed E-state index contributed by atoms with van der Waals surface area (Å²) in [6.45, 7) is 1.25. The third kappa shape index (κ3) is 2.51. The first-order valence-corrected chi connectivity index (χ1v) is 5.80. The van der Waals surface area contributed by atoms with E-state index in [1.54, 1.807) is 4.90 Å². The maximum atomic E-state index is 12.2. The van der Waals surface area contributed by atoms with Gasteiger partial charge in [0.1, 0.15) is 0 Å². The largest absolute Gasteiger partial charge is 0.471 e. The van der Waals surface area contributed by atoms with Gasteiger partial charge in [0.25, 0.3) is 0 Å². The zero-order valence-corrected chi connectivity index (χ0v) is 9.66. The first-order valence-electron chi connectivity index (χ1n) is 5.80. The quantitative estimate of drug-likeness (QED) is 0.753. The number of urea groups is 1. The van der Waals surface area contributed by atoms with Gasteiger partial charge in [-0.2, -0.15) is 13.2 Å². The number of carbonyl (C=O) groups excluding carboxylic acids is 2. The number of nitrogens with zero attached hydrogens (tertiary/aromatic N) is 2. The van der Waals surface area contributed by atoms with Crippen LogP contribution in [0.15, 0.2) is 0 Å². The molecule has 0 bridgehead atoms. The predicted molar refractivity (Wildman–Crippen MR) is 55.8 cm³/mol. The highest BCUT2D eigenvalue weighted by molar-refractivity contribution is 5.82. The van der Waals surface area contributed by atoms with E-state index in [1.807, 2.05) is 0 Å². The van der Waals surface area contributed by atoms with Crippen LogP contribution in [0, 0.1) is 0 Å². The molecule has 2 aliphatic rings. The second-order valence-electron chi connectivity index (χ2n) is 4.45. The van der Waals surface area contributed by atoms with Gasteiger partial charge in [0.15, 0.2) is 0 Å². The van der Waals surface area contributed by atoms with Crippen molar-refractivity contribution in [2.24, 2.45) is 0 Å². The zero-order chi connectivity index (χ0) is 13.3. The molecule has 2 fully saturated rings. The molecule has 1 N–H and O–H groups in total. The van der Waals surface area contributed by atoms with Crippen LogP contribution in [0.3, 0.4) is 0 Å². The van der Waals surface area contributed by atoms with Gasteiger partial charge in [0.2, 0.25) is 0 Å². The van der Waals surface area contributed by atoms with Crippen LogP contribution in [0.2, 0.25) is 0 Å². The number of alkyl halides is 3. The summed E-state index contributed by atoms with van der Waals surface area (Å²) in [5.41, 5.74) is 0. The summed E-state index contributed by atoms with van der Waals surface area (Å²) >= 11 is 0. The van der Waals surface area contributed by atoms with Crippen molar-refractivity contribution in [2.75, 3.05) is 26.2 Å². The van der Waals surface area contributed by atoms with Crippen molar-refractivity contribution < 1.29 is 22.8 Å². The fraction of sp³-hybridized carbons (Fsp3) is 0.800. The number of amides is 3. The van der Waals surface area contributed by atoms with Crippen LogP contribution in [0.25, 0.3) is 0 Å². The van der Waals surface area contributed by atoms with Gasteiger partial charge in [-0.25, -0.2) is 4.79 Å². The second kappa shape index (κ2) is 4.66. The van der Waals surface area contributed by atoms with Crippen LogP contribution in [0.4, 0.5) is 18.0 Å².